The van der Waals surface area contributed by atoms with Crippen LogP contribution < -0.4 is 25.2 Å². The van der Waals surface area contributed by atoms with Crippen LogP contribution in [-0.4, -0.2) is 41.1 Å². The summed E-state index contributed by atoms with van der Waals surface area (Å²) in [6.45, 7) is 2.89. The highest BCUT2D eigenvalue weighted by molar-refractivity contribution is 7.99. The molecule has 11 heteroatoms. The van der Waals surface area contributed by atoms with Crippen LogP contribution in [0.1, 0.15) is 41.3 Å². The second-order valence-electron chi connectivity index (χ2n) is 10.6. The van der Waals surface area contributed by atoms with Crippen molar-refractivity contribution in [3.8, 4) is 22.9 Å². The fourth-order valence-corrected chi connectivity index (χ4v) is 7.44. The molecule has 0 radical (unpaired) electrons. The number of aromatic nitrogens is 2. The van der Waals surface area contributed by atoms with Gasteiger partial charge in [-0.15, -0.1) is 11.3 Å². The van der Waals surface area contributed by atoms with Crippen molar-refractivity contribution in [2.75, 3.05) is 19.5 Å². The van der Waals surface area contributed by atoms with Crippen LogP contribution in [0.3, 0.4) is 0 Å². The molecule has 9 nitrogen and oxygen atoms in total. The predicted octanol–water partition coefficient (Wildman–Crippen LogP) is 6.55. The first-order valence-electron chi connectivity index (χ1n) is 15.1. The van der Waals surface area contributed by atoms with Crippen molar-refractivity contribution >= 4 is 45.4 Å². The highest BCUT2D eigenvalue weighted by atomic mass is 32.2. The number of carbonyl (C=O) groups excluding carboxylic acids is 1. The van der Waals surface area contributed by atoms with Crippen LogP contribution in [0.25, 0.3) is 15.9 Å². The molecule has 1 aliphatic rings. The minimum absolute atomic E-state index is 0.0208. The number of aryl methyl sites for hydroxylation is 2. The fraction of sp³-hybridized carbons (Fsp3) is 0.257. The van der Waals surface area contributed by atoms with Crippen LogP contribution in [0, 0.1) is 0 Å². The predicted molar refractivity (Wildman–Crippen MR) is 183 cm³/mol. The third-order valence-electron chi connectivity index (χ3n) is 7.52. The van der Waals surface area contributed by atoms with E-state index in [0.29, 0.717) is 40.9 Å². The van der Waals surface area contributed by atoms with Gasteiger partial charge in [-0.25, -0.2) is 10.4 Å². The lowest BCUT2D eigenvalue weighted by Crippen LogP contribution is -2.24. The van der Waals surface area contributed by atoms with Gasteiger partial charge in [-0.3, -0.25) is 14.2 Å². The zero-order valence-electron chi connectivity index (χ0n) is 25.7. The normalized spacial score (nSPS) is 12.7. The number of benzene rings is 3. The van der Waals surface area contributed by atoms with Gasteiger partial charge in [0, 0.05) is 4.88 Å². The third kappa shape index (κ3) is 7.11. The Labute approximate surface area is 275 Å². The number of amides is 1. The topological polar surface area (TPSA) is 104 Å². The van der Waals surface area contributed by atoms with Gasteiger partial charge in [0.25, 0.3) is 11.5 Å². The van der Waals surface area contributed by atoms with E-state index >= 15 is 0 Å². The first-order valence-corrected chi connectivity index (χ1v) is 16.9. The van der Waals surface area contributed by atoms with Gasteiger partial charge in [-0.2, -0.15) is 5.10 Å². The number of hydrogen-bond acceptors (Lipinski definition) is 9. The summed E-state index contributed by atoms with van der Waals surface area (Å²) in [5.74, 6) is 1.59. The molecule has 0 atom stereocenters. The lowest BCUT2D eigenvalue weighted by molar-refractivity contribution is -0.118. The summed E-state index contributed by atoms with van der Waals surface area (Å²) >= 11 is 2.79. The Morgan fingerprint density at radius 3 is 2.63 bits per heavy atom. The molecule has 1 amide bonds. The first-order chi connectivity index (χ1) is 22.5. The number of ether oxygens (including phenoxy) is 3. The number of carbonyl (C=O) groups is 1. The zero-order valence-corrected chi connectivity index (χ0v) is 27.3. The van der Waals surface area contributed by atoms with E-state index in [1.165, 1.54) is 16.6 Å². The molecule has 2 aromatic heterocycles. The van der Waals surface area contributed by atoms with Gasteiger partial charge < -0.3 is 14.2 Å². The maximum absolute atomic E-state index is 14.0. The van der Waals surface area contributed by atoms with Crippen molar-refractivity contribution in [3.05, 3.63) is 105 Å². The summed E-state index contributed by atoms with van der Waals surface area (Å²) < 4.78 is 18.6. The number of rotatable bonds is 12. The number of methoxy groups -OCH3 is 1. The number of nitrogens with one attached hydrogen (secondary N) is 1. The van der Waals surface area contributed by atoms with Crippen molar-refractivity contribution in [1.82, 2.24) is 15.0 Å². The summed E-state index contributed by atoms with van der Waals surface area (Å²) in [4.78, 5) is 33.7. The van der Waals surface area contributed by atoms with E-state index in [-0.39, 0.29) is 17.2 Å². The summed E-state index contributed by atoms with van der Waals surface area (Å²) in [5, 5.41) is 5.28. The van der Waals surface area contributed by atoms with Gasteiger partial charge in [0.1, 0.15) is 17.2 Å². The van der Waals surface area contributed by atoms with E-state index in [2.05, 4.69) is 10.5 Å². The van der Waals surface area contributed by atoms with Crippen LogP contribution in [0.2, 0.25) is 0 Å². The van der Waals surface area contributed by atoms with Gasteiger partial charge in [-0.1, -0.05) is 42.1 Å². The number of hydrazone groups is 1. The number of hydrogen-bond donors (Lipinski definition) is 1. The molecule has 0 fully saturated rings. The number of thioether (sulfide) groups is 1. The largest absolute Gasteiger partial charge is 0.494 e. The van der Waals surface area contributed by atoms with Gasteiger partial charge in [0.15, 0.2) is 16.7 Å². The second kappa shape index (κ2) is 14.7. The molecule has 1 N–H and O–H groups in total. The fourth-order valence-electron chi connectivity index (χ4n) is 5.33. The standard InChI is InChI=1S/C35H34N4O5S2/c1-3-43-26-16-14-25(15-17-26)39-34(41)32-27-11-7-8-12-30(27)46-33(32)37-35(39)45-22-31(40)38-36-20-24-13-18-28(29(19-24)42-2)44-21-23-9-5-4-6-10-23/h4-6,9-10,13-20H,3,7-8,11-12,21-22H2,1-2H3,(H,38,40). The number of fused-ring (bicyclic) bond motifs is 3. The van der Waals surface area contributed by atoms with E-state index in [9.17, 15) is 9.59 Å². The molecular weight excluding hydrogens is 621 g/mol. The molecule has 0 unspecified atom stereocenters. The van der Waals surface area contributed by atoms with Gasteiger partial charge in [0.05, 0.1) is 36.8 Å². The SMILES string of the molecule is CCOc1ccc(-n2c(SCC(=O)NN=Cc3ccc(OCc4ccccc4)c(OC)c3)nc3sc4c(c3c2=O)CCCC4)cc1. The van der Waals surface area contributed by atoms with Crippen LogP contribution in [0.5, 0.6) is 17.2 Å². The third-order valence-corrected chi connectivity index (χ3v) is 9.65. The van der Waals surface area contributed by atoms with Gasteiger partial charge in [-0.05, 0) is 91.8 Å². The lowest BCUT2D eigenvalue weighted by atomic mass is 9.97. The molecule has 0 saturated carbocycles. The molecule has 46 heavy (non-hydrogen) atoms. The molecule has 0 aliphatic heterocycles. The highest BCUT2D eigenvalue weighted by Gasteiger charge is 2.23. The summed E-state index contributed by atoms with van der Waals surface area (Å²) in [5.41, 5.74) is 6.05. The van der Waals surface area contributed by atoms with Crippen molar-refractivity contribution in [1.29, 1.82) is 0 Å². The van der Waals surface area contributed by atoms with Crippen molar-refractivity contribution < 1.29 is 19.0 Å². The second-order valence-corrected chi connectivity index (χ2v) is 12.6. The Hall–Kier alpha value is -4.61. The molecule has 0 saturated heterocycles. The Morgan fingerprint density at radius 2 is 1.85 bits per heavy atom. The average Bonchev–Trinajstić information content (AvgIpc) is 3.46. The molecular formula is C35H34N4O5S2. The molecule has 3 aromatic carbocycles. The van der Waals surface area contributed by atoms with Crippen LogP contribution in [0.15, 0.2) is 87.8 Å². The minimum atomic E-state index is -0.325. The van der Waals surface area contributed by atoms with Crippen LogP contribution >= 0.6 is 23.1 Å². The van der Waals surface area contributed by atoms with Crippen molar-refractivity contribution in [2.24, 2.45) is 5.10 Å². The quantitative estimate of drug-likeness (QED) is 0.0704. The van der Waals surface area contributed by atoms with Crippen LogP contribution in [0.4, 0.5) is 0 Å². The molecule has 1 aliphatic carbocycles. The van der Waals surface area contributed by atoms with E-state index in [1.807, 2.05) is 73.7 Å². The Balaban J connectivity index is 1.16. The van der Waals surface area contributed by atoms with Gasteiger partial charge in [0.2, 0.25) is 0 Å². The first kappa shape index (κ1) is 31.4. The number of nitrogens with zero attached hydrogens (tertiary/aromatic N) is 3. The number of thiophene rings is 1. The minimum Gasteiger partial charge on any atom is -0.494 e. The molecule has 6 rings (SSSR count). The Bertz CT molecular complexity index is 1920. The summed E-state index contributed by atoms with van der Waals surface area (Å²) in [6.07, 6.45) is 5.59. The van der Waals surface area contributed by atoms with Crippen molar-refractivity contribution in [3.63, 3.8) is 0 Å². The van der Waals surface area contributed by atoms with Crippen LogP contribution in [-0.2, 0) is 24.2 Å². The van der Waals surface area contributed by atoms with E-state index < -0.39 is 0 Å². The lowest BCUT2D eigenvalue weighted by Gasteiger charge is -2.14. The smallest absolute Gasteiger partial charge is 0.267 e. The van der Waals surface area contributed by atoms with Gasteiger partial charge >= 0.3 is 0 Å². The summed E-state index contributed by atoms with van der Waals surface area (Å²) in [6, 6.07) is 22.7. The molecule has 5 aromatic rings. The Morgan fingerprint density at radius 1 is 1.04 bits per heavy atom. The molecule has 2 heterocycles. The summed E-state index contributed by atoms with van der Waals surface area (Å²) in [7, 11) is 1.58. The maximum atomic E-state index is 14.0. The average molecular weight is 655 g/mol. The van der Waals surface area contributed by atoms with Crippen molar-refractivity contribution in [2.45, 2.75) is 44.4 Å². The van der Waals surface area contributed by atoms with E-state index in [4.69, 9.17) is 19.2 Å². The molecule has 236 valence electrons. The Kier molecular flexibility index (Phi) is 10.00. The zero-order chi connectivity index (χ0) is 31.9. The monoisotopic (exact) mass is 654 g/mol. The molecule has 0 bridgehead atoms. The van der Waals surface area contributed by atoms with E-state index in [1.54, 1.807) is 35.3 Å². The maximum Gasteiger partial charge on any atom is 0.267 e. The molecule has 0 spiro atoms. The highest BCUT2D eigenvalue weighted by Crippen LogP contribution is 2.35. The van der Waals surface area contributed by atoms with E-state index in [0.717, 1.165) is 53.0 Å².